The molecule has 2 aromatic carbocycles. The van der Waals surface area contributed by atoms with E-state index in [1.165, 1.54) is 6.26 Å². The number of fused-ring (bicyclic) bond motifs is 1. The monoisotopic (exact) mass is 280 g/mol. The van der Waals surface area contributed by atoms with Crippen molar-refractivity contribution in [2.24, 2.45) is 0 Å². The SMILES string of the molecule is CCOc1ccc2c(=O)c(-c3ccccc3)coc2c1C. The Morgan fingerprint density at radius 1 is 1.10 bits per heavy atom. The molecule has 106 valence electrons. The van der Waals surface area contributed by atoms with Crippen LogP contribution in [0.15, 0.2) is 57.9 Å². The van der Waals surface area contributed by atoms with Gasteiger partial charge in [0.1, 0.15) is 17.6 Å². The zero-order chi connectivity index (χ0) is 14.8. The molecule has 0 atom stereocenters. The van der Waals surface area contributed by atoms with Gasteiger partial charge in [0.05, 0.1) is 17.6 Å². The first-order chi connectivity index (χ1) is 10.2. The Kier molecular flexibility index (Phi) is 3.48. The van der Waals surface area contributed by atoms with E-state index < -0.39 is 0 Å². The summed E-state index contributed by atoms with van der Waals surface area (Å²) >= 11 is 0. The molecule has 3 nitrogen and oxygen atoms in total. The topological polar surface area (TPSA) is 39.4 Å². The summed E-state index contributed by atoms with van der Waals surface area (Å²) in [5, 5.41) is 0.581. The predicted molar refractivity (Wildman–Crippen MR) is 83.8 cm³/mol. The van der Waals surface area contributed by atoms with Crippen LogP contribution in [0.3, 0.4) is 0 Å². The molecule has 0 bridgehead atoms. The first-order valence-corrected chi connectivity index (χ1v) is 6.95. The van der Waals surface area contributed by atoms with Crippen LogP contribution in [0.25, 0.3) is 22.1 Å². The summed E-state index contributed by atoms with van der Waals surface area (Å²) in [5.41, 5.74) is 2.86. The second-order valence-electron chi connectivity index (χ2n) is 4.84. The zero-order valence-electron chi connectivity index (χ0n) is 12.1. The van der Waals surface area contributed by atoms with E-state index in [1.54, 1.807) is 6.07 Å². The molecule has 3 heteroatoms. The molecule has 0 amide bonds. The highest BCUT2D eigenvalue weighted by Crippen LogP contribution is 2.27. The third-order valence-electron chi connectivity index (χ3n) is 3.52. The molecule has 0 unspecified atom stereocenters. The van der Waals surface area contributed by atoms with Crippen LogP contribution in [0.4, 0.5) is 0 Å². The second kappa shape index (κ2) is 5.44. The van der Waals surface area contributed by atoms with Crippen molar-refractivity contribution in [3.63, 3.8) is 0 Å². The average molecular weight is 280 g/mol. The first-order valence-electron chi connectivity index (χ1n) is 6.95. The van der Waals surface area contributed by atoms with E-state index in [0.717, 1.165) is 16.9 Å². The predicted octanol–water partition coefficient (Wildman–Crippen LogP) is 4.17. The van der Waals surface area contributed by atoms with Gasteiger partial charge in [-0.25, -0.2) is 0 Å². The summed E-state index contributed by atoms with van der Waals surface area (Å²) in [7, 11) is 0. The van der Waals surface area contributed by atoms with Crippen molar-refractivity contribution >= 4 is 11.0 Å². The van der Waals surface area contributed by atoms with Crippen molar-refractivity contribution < 1.29 is 9.15 Å². The molecule has 0 aliphatic heterocycles. The van der Waals surface area contributed by atoms with Gasteiger partial charge in [-0.15, -0.1) is 0 Å². The second-order valence-corrected chi connectivity index (χ2v) is 4.84. The molecular weight excluding hydrogens is 264 g/mol. The van der Waals surface area contributed by atoms with Crippen LogP contribution in [-0.4, -0.2) is 6.61 Å². The quantitative estimate of drug-likeness (QED) is 0.723. The molecule has 0 radical (unpaired) electrons. The smallest absolute Gasteiger partial charge is 0.200 e. The van der Waals surface area contributed by atoms with Gasteiger partial charge in [-0.3, -0.25) is 4.79 Å². The van der Waals surface area contributed by atoms with Crippen LogP contribution in [-0.2, 0) is 0 Å². The summed E-state index contributed by atoms with van der Waals surface area (Å²) in [5.74, 6) is 0.751. The van der Waals surface area contributed by atoms with E-state index in [-0.39, 0.29) is 5.43 Å². The molecule has 1 aromatic heterocycles. The summed E-state index contributed by atoms with van der Waals surface area (Å²) in [6.07, 6.45) is 1.53. The third kappa shape index (κ3) is 2.31. The molecule has 0 aliphatic carbocycles. The van der Waals surface area contributed by atoms with Gasteiger partial charge in [-0.05, 0) is 31.5 Å². The van der Waals surface area contributed by atoms with Crippen molar-refractivity contribution in [3.05, 3.63) is 64.5 Å². The van der Waals surface area contributed by atoms with Crippen LogP contribution >= 0.6 is 0 Å². The van der Waals surface area contributed by atoms with Gasteiger partial charge in [0, 0.05) is 5.56 Å². The fourth-order valence-electron chi connectivity index (χ4n) is 2.45. The minimum absolute atomic E-state index is 0.0198. The van der Waals surface area contributed by atoms with Gasteiger partial charge in [0.2, 0.25) is 5.43 Å². The molecular formula is C18H16O3. The molecule has 0 spiro atoms. The molecule has 0 saturated carbocycles. The van der Waals surface area contributed by atoms with Crippen LogP contribution in [0.1, 0.15) is 12.5 Å². The standard InChI is InChI=1S/C18H16O3/c1-3-20-16-10-9-14-17(19)15(11-21-18(14)12(16)2)13-7-5-4-6-8-13/h4-11H,3H2,1-2H3. The van der Waals surface area contributed by atoms with Gasteiger partial charge in [-0.1, -0.05) is 30.3 Å². The van der Waals surface area contributed by atoms with Gasteiger partial charge in [-0.2, -0.15) is 0 Å². The Hall–Kier alpha value is -2.55. The Morgan fingerprint density at radius 2 is 1.86 bits per heavy atom. The van der Waals surface area contributed by atoms with Crippen molar-refractivity contribution in [3.8, 4) is 16.9 Å². The zero-order valence-corrected chi connectivity index (χ0v) is 12.1. The van der Waals surface area contributed by atoms with Crippen molar-refractivity contribution in [1.29, 1.82) is 0 Å². The lowest BCUT2D eigenvalue weighted by Crippen LogP contribution is -2.06. The Balaban J connectivity index is 2.23. The highest BCUT2D eigenvalue weighted by molar-refractivity contribution is 5.85. The Morgan fingerprint density at radius 3 is 2.57 bits per heavy atom. The number of hydrogen-bond acceptors (Lipinski definition) is 3. The lowest BCUT2D eigenvalue weighted by atomic mass is 10.0. The molecule has 0 N–H and O–H groups in total. The molecule has 3 rings (SSSR count). The van der Waals surface area contributed by atoms with E-state index in [1.807, 2.05) is 50.2 Å². The molecule has 21 heavy (non-hydrogen) atoms. The van der Waals surface area contributed by atoms with E-state index in [9.17, 15) is 4.79 Å². The number of hydrogen-bond donors (Lipinski definition) is 0. The van der Waals surface area contributed by atoms with Gasteiger partial charge >= 0.3 is 0 Å². The normalized spacial score (nSPS) is 10.8. The van der Waals surface area contributed by atoms with Gasteiger partial charge in [0.15, 0.2) is 0 Å². The number of benzene rings is 2. The van der Waals surface area contributed by atoms with Crippen LogP contribution < -0.4 is 10.2 Å². The van der Waals surface area contributed by atoms with Crippen LogP contribution in [0, 0.1) is 6.92 Å². The summed E-state index contributed by atoms with van der Waals surface area (Å²) < 4.78 is 11.3. The minimum Gasteiger partial charge on any atom is -0.493 e. The van der Waals surface area contributed by atoms with Gasteiger partial charge in [0.25, 0.3) is 0 Å². The average Bonchev–Trinajstić information content (AvgIpc) is 2.52. The maximum atomic E-state index is 12.6. The number of aryl methyl sites for hydroxylation is 1. The fraction of sp³-hybridized carbons (Fsp3) is 0.167. The molecule has 0 saturated heterocycles. The minimum atomic E-state index is -0.0198. The van der Waals surface area contributed by atoms with Crippen molar-refractivity contribution in [2.75, 3.05) is 6.61 Å². The van der Waals surface area contributed by atoms with Crippen molar-refractivity contribution in [1.82, 2.24) is 0 Å². The Labute approximate surface area is 122 Å². The maximum Gasteiger partial charge on any atom is 0.200 e. The highest BCUT2D eigenvalue weighted by Gasteiger charge is 2.13. The highest BCUT2D eigenvalue weighted by atomic mass is 16.5. The van der Waals surface area contributed by atoms with E-state index in [2.05, 4.69) is 0 Å². The van der Waals surface area contributed by atoms with E-state index in [4.69, 9.17) is 9.15 Å². The number of ether oxygens (including phenoxy) is 1. The maximum absolute atomic E-state index is 12.6. The summed E-state index contributed by atoms with van der Waals surface area (Å²) in [6.45, 7) is 4.41. The lowest BCUT2D eigenvalue weighted by Gasteiger charge is -2.09. The van der Waals surface area contributed by atoms with Crippen molar-refractivity contribution in [2.45, 2.75) is 13.8 Å². The van der Waals surface area contributed by atoms with E-state index in [0.29, 0.717) is 23.1 Å². The molecule has 3 aromatic rings. The first kappa shape index (κ1) is 13.4. The number of rotatable bonds is 3. The van der Waals surface area contributed by atoms with E-state index >= 15 is 0 Å². The lowest BCUT2D eigenvalue weighted by molar-refractivity contribution is 0.338. The fourth-order valence-corrected chi connectivity index (χ4v) is 2.45. The van der Waals surface area contributed by atoms with Crippen LogP contribution in [0.2, 0.25) is 0 Å². The third-order valence-corrected chi connectivity index (χ3v) is 3.52. The molecule has 1 heterocycles. The molecule has 0 fully saturated rings. The Bertz CT molecular complexity index is 832. The van der Waals surface area contributed by atoms with Crippen LogP contribution in [0.5, 0.6) is 5.75 Å². The summed E-state index contributed by atoms with van der Waals surface area (Å²) in [4.78, 5) is 12.6. The largest absolute Gasteiger partial charge is 0.493 e. The molecule has 0 aliphatic rings. The van der Waals surface area contributed by atoms with Gasteiger partial charge < -0.3 is 9.15 Å². The summed E-state index contributed by atoms with van der Waals surface area (Å²) in [6, 6.07) is 13.1.